The number of nitrogens with zero attached hydrogens (tertiary/aromatic N) is 1. The van der Waals surface area contributed by atoms with E-state index in [1.807, 2.05) is 0 Å². The molecule has 0 heterocycles. The van der Waals surface area contributed by atoms with Crippen molar-refractivity contribution in [3.8, 4) is 0 Å². The van der Waals surface area contributed by atoms with E-state index in [0.717, 1.165) is 0 Å². The minimum atomic E-state index is -4.00. The van der Waals surface area contributed by atoms with Crippen LogP contribution in [0.1, 0.15) is 13.8 Å². The maximum Gasteiger partial charge on any atom is 0.266 e. The lowest BCUT2D eigenvalue weighted by molar-refractivity contribution is 0.0870. The Kier molecular flexibility index (Phi) is 6.30. The summed E-state index contributed by atoms with van der Waals surface area (Å²) in [5, 5.41) is 18.3. The zero-order chi connectivity index (χ0) is 12.1. The second kappa shape index (κ2) is 6.39. The Balaban J connectivity index is 4.12. The van der Waals surface area contributed by atoms with Gasteiger partial charge in [-0.25, -0.2) is 0 Å². The fourth-order valence-corrected chi connectivity index (χ4v) is 1.74. The second-order valence-electron chi connectivity index (χ2n) is 3.74. The number of hydrogen-bond donors (Lipinski definition) is 3. The molecule has 0 radical (unpaired) electrons. The first kappa shape index (κ1) is 14.8. The number of rotatable bonds is 7. The molecule has 0 aliphatic heterocycles. The van der Waals surface area contributed by atoms with Gasteiger partial charge in [-0.3, -0.25) is 9.45 Å². The molecule has 0 aliphatic carbocycles. The smallest absolute Gasteiger partial charge is 0.266 e. The Morgan fingerprint density at radius 3 is 1.80 bits per heavy atom. The third-order valence-electron chi connectivity index (χ3n) is 1.71. The zero-order valence-corrected chi connectivity index (χ0v) is 9.81. The fourth-order valence-electron chi connectivity index (χ4n) is 1.25. The molecule has 0 rings (SSSR count). The highest BCUT2D eigenvalue weighted by Crippen LogP contribution is 1.97. The van der Waals surface area contributed by atoms with Gasteiger partial charge in [0.2, 0.25) is 0 Å². The molecule has 2 atom stereocenters. The highest BCUT2D eigenvalue weighted by molar-refractivity contribution is 7.85. The van der Waals surface area contributed by atoms with E-state index in [9.17, 15) is 8.42 Å². The van der Waals surface area contributed by atoms with Crippen molar-refractivity contribution >= 4 is 10.1 Å². The molecule has 0 spiro atoms. The molecule has 0 aliphatic rings. The van der Waals surface area contributed by atoms with Crippen LogP contribution in [0.4, 0.5) is 0 Å². The van der Waals surface area contributed by atoms with Crippen LogP contribution in [0.25, 0.3) is 0 Å². The van der Waals surface area contributed by atoms with Gasteiger partial charge in [0.1, 0.15) is 0 Å². The largest absolute Gasteiger partial charge is 0.392 e. The van der Waals surface area contributed by atoms with Gasteiger partial charge >= 0.3 is 0 Å². The quantitative estimate of drug-likeness (QED) is 0.491. The molecule has 0 amide bonds. The van der Waals surface area contributed by atoms with Crippen LogP contribution in [0, 0.1) is 0 Å². The Bertz CT molecular complexity index is 252. The molecule has 7 heteroatoms. The second-order valence-corrected chi connectivity index (χ2v) is 5.32. The summed E-state index contributed by atoms with van der Waals surface area (Å²) in [5.74, 6) is -0.396. The van der Waals surface area contributed by atoms with Gasteiger partial charge in [-0.1, -0.05) is 0 Å². The molecular formula is C8H19NO5S. The summed E-state index contributed by atoms with van der Waals surface area (Å²) >= 11 is 0. The Morgan fingerprint density at radius 1 is 1.13 bits per heavy atom. The van der Waals surface area contributed by atoms with Crippen molar-refractivity contribution in [2.75, 3.05) is 25.4 Å². The summed E-state index contributed by atoms with van der Waals surface area (Å²) in [6, 6.07) is 0. The normalized spacial score (nSPS) is 16.7. The summed E-state index contributed by atoms with van der Waals surface area (Å²) in [6.07, 6.45) is -1.21. The lowest BCUT2D eigenvalue weighted by atomic mass is 10.3. The molecule has 92 valence electrons. The molecule has 0 fully saturated rings. The first-order chi connectivity index (χ1) is 6.70. The van der Waals surface area contributed by atoms with Crippen molar-refractivity contribution in [3.63, 3.8) is 0 Å². The van der Waals surface area contributed by atoms with Crippen LogP contribution in [0.5, 0.6) is 0 Å². The Hall–Kier alpha value is -0.210. The van der Waals surface area contributed by atoms with E-state index in [2.05, 4.69) is 0 Å². The van der Waals surface area contributed by atoms with Crippen LogP contribution in [0.2, 0.25) is 0 Å². The maximum absolute atomic E-state index is 10.5. The van der Waals surface area contributed by atoms with Crippen molar-refractivity contribution in [2.24, 2.45) is 0 Å². The summed E-state index contributed by atoms with van der Waals surface area (Å²) < 4.78 is 29.6. The predicted molar refractivity (Wildman–Crippen MR) is 56.2 cm³/mol. The van der Waals surface area contributed by atoms with Gasteiger partial charge in [0, 0.05) is 19.6 Å². The van der Waals surface area contributed by atoms with Crippen molar-refractivity contribution in [1.82, 2.24) is 4.90 Å². The van der Waals surface area contributed by atoms with E-state index >= 15 is 0 Å². The molecule has 0 saturated carbocycles. The first-order valence-electron chi connectivity index (χ1n) is 4.74. The fraction of sp³-hybridized carbons (Fsp3) is 1.00. The molecule has 15 heavy (non-hydrogen) atoms. The third-order valence-corrected chi connectivity index (χ3v) is 2.41. The highest BCUT2D eigenvalue weighted by atomic mass is 32.2. The van der Waals surface area contributed by atoms with E-state index in [1.54, 1.807) is 18.7 Å². The molecule has 0 aromatic carbocycles. The SMILES string of the molecule is CC(O)CN(CCS(=O)(=O)O)CC(C)O. The summed E-state index contributed by atoms with van der Waals surface area (Å²) in [5.41, 5.74) is 0. The van der Waals surface area contributed by atoms with Gasteiger partial charge in [-0.15, -0.1) is 0 Å². The number of aliphatic hydroxyl groups is 2. The van der Waals surface area contributed by atoms with Crippen LogP contribution in [0.3, 0.4) is 0 Å². The predicted octanol–water partition coefficient (Wildman–Crippen LogP) is -1.06. The maximum atomic E-state index is 10.5. The standard InChI is InChI=1S/C8H19NO5S/c1-7(10)5-9(6-8(2)11)3-4-15(12,13)14/h7-8,10-11H,3-6H2,1-2H3,(H,12,13,14). The van der Waals surface area contributed by atoms with E-state index in [0.29, 0.717) is 0 Å². The Labute approximate surface area is 90.3 Å². The molecule has 0 saturated heterocycles. The van der Waals surface area contributed by atoms with Gasteiger partial charge in [-0.2, -0.15) is 8.42 Å². The molecule has 0 aromatic rings. The summed E-state index contributed by atoms with van der Waals surface area (Å²) in [6.45, 7) is 3.76. The van der Waals surface area contributed by atoms with Gasteiger partial charge in [0.15, 0.2) is 0 Å². The molecule has 2 unspecified atom stereocenters. The lowest BCUT2D eigenvalue weighted by Gasteiger charge is -2.24. The highest BCUT2D eigenvalue weighted by Gasteiger charge is 2.14. The van der Waals surface area contributed by atoms with Crippen molar-refractivity contribution in [2.45, 2.75) is 26.1 Å². The minimum Gasteiger partial charge on any atom is -0.392 e. The summed E-state index contributed by atoms with van der Waals surface area (Å²) in [4.78, 5) is 1.59. The molecule has 6 nitrogen and oxygen atoms in total. The van der Waals surface area contributed by atoms with Gasteiger partial charge in [0.05, 0.1) is 18.0 Å². The average molecular weight is 241 g/mol. The topological polar surface area (TPSA) is 98.1 Å². The summed E-state index contributed by atoms with van der Waals surface area (Å²) in [7, 11) is -4.00. The van der Waals surface area contributed by atoms with Crippen molar-refractivity contribution in [3.05, 3.63) is 0 Å². The van der Waals surface area contributed by atoms with Crippen LogP contribution in [-0.2, 0) is 10.1 Å². The molecule has 3 N–H and O–H groups in total. The number of hydrogen-bond acceptors (Lipinski definition) is 5. The van der Waals surface area contributed by atoms with Crippen molar-refractivity contribution in [1.29, 1.82) is 0 Å². The monoisotopic (exact) mass is 241 g/mol. The molecule has 0 aromatic heterocycles. The van der Waals surface area contributed by atoms with Crippen molar-refractivity contribution < 1.29 is 23.2 Å². The van der Waals surface area contributed by atoms with Gasteiger partial charge in [-0.05, 0) is 13.8 Å². The average Bonchev–Trinajstić information content (AvgIpc) is 1.96. The van der Waals surface area contributed by atoms with E-state index in [4.69, 9.17) is 14.8 Å². The first-order valence-corrected chi connectivity index (χ1v) is 6.35. The minimum absolute atomic E-state index is 0.0919. The third kappa shape index (κ3) is 10.1. The van der Waals surface area contributed by atoms with Crippen LogP contribution >= 0.6 is 0 Å². The Morgan fingerprint density at radius 2 is 1.53 bits per heavy atom. The van der Waals surface area contributed by atoms with Crippen LogP contribution < -0.4 is 0 Å². The van der Waals surface area contributed by atoms with Gasteiger partial charge in [0.25, 0.3) is 10.1 Å². The molecular weight excluding hydrogens is 222 g/mol. The lowest BCUT2D eigenvalue weighted by Crippen LogP contribution is -2.39. The van der Waals surface area contributed by atoms with E-state index in [1.165, 1.54) is 0 Å². The van der Waals surface area contributed by atoms with Crippen LogP contribution in [-0.4, -0.2) is 65.7 Å². The molecule has 0 bridgehead atoms. The van der Waals surface area contributed by atoms with E-state index < -0.39 is 28.1 Å². The van der Waals surface area contributed by atoms with Crippen LogP contribution in [0.15, 0.2) is 0 Å². The van der Waals surface area contributed by atoms with Gasteiger partial charge < -0.3 is 10.2 Å². The van der Waals surface area contributed by atoms with E-state index in [-0.39, 0.29) is 19.6 Å². The zero-order valence-electron chi connectivity index (χ0n) is 9.00. The number of aliphatic hydroxyl groups excluding tert-OH is 2.